The maximum atomic E-state index is 6.16. The van der Waals surface area contributed by atoms with Gasteiger partial charge in [-0.15, -0.1) is 0 Å². The average Bonchev–Trinajstić information content (AvgIpc) is 2.78. The van der Waals surface area contributed by atoms with E-state index in [1.165, 1.54) is 12.1 Å². The molecule has 0 aliphatic carbocycles. The fourth-order valence-corrected chi connectivity index (χ4v) is 3.09. The molecular weight excluding hydrogens is 324 g/mol. The molecule has 0 radical (unpaired) electrons. The molecule has 0 saturated carbocycles. The van der Waals surface area contributed by atoms with Crippen molar-refractivity contribution in [1.29, 1.82) is 0 Å². The summed E-state index contributed by atoms with van der Waals surface area (Å²) in [7, 11) is 0. The van der Waals surface area contributed by atoms with E-state index in [4.69, 9.17) is 11.6 Å². The van der Waals surface area contributed by atoms with Crippen LogP contribution < -0.4 is 10.2 Å². The van der Waals surface area contributed by atoms with E-state index in [0.717, 1.165) is 29.1 Å². The van der Waals surface area contributed by atoms with Crippen LogP contribution in [0, 0.1) is 5.92 Å². The monoisotopic (exact) mass is 344 g/mol. The molecule has 1 fully saturated rings. The molecule has 2 rings (SSSR count). The number of hydrogen-bond acceptors (Lipinski definition) is 2. The van der Waals surface area contributed by atoms with Crippen molar-refractivity contribution in [2.75, 3.05) is 24.5 Å². The zero-order chi connectivity index (χ0) is 14.0. The third kappa shape index (κ3) is 4.11. The minimum atomic E-state index is 0.198. The first kappa shape index (κ1) is 15.1. The van der Waals surface area contributed by atoms with Crippen LogP contribution in [0.25, 0.3) is 0 Å². The Morgan fingerprint density at radius 1 is 1.42 bits per heavy atom. The largest absolute Gasteiger partial charge is 0.370 e. The fourth-order valence-electron chi connectivity index (χ4n) is 2.41. The lowest BCUT2D eigenvalue weighted by Gasteiger charge is -2.24. The zero-order valence-corrected chi connectivity index (χ0v) is 14.2. The van der Waals surface area contributed by atoms with Gasteiger partial charge < -0.3 is 10.2 Å². The second-order valence-electron chi connectivity index (χ2n) is 6.30. The Balaban J connectivity index is 1.97. The molecule has 0 spiro atoms. The van der Waals surface area contributed by atoms with E-state index >= 15 is 0 Å². The molecule has 1 N–H and O–H groups in total. The Morgan fingerprint density at radius 2 is 2.16 bits per heavy atom. The molecule has 0 bridgehead atoms. The highest BCUT2D eigenvalue weighted by Gasteiger charge is 2.25. The molecule has 106 valence electrons. The lowest BCUT2D eigenvalue weighted by atomic mass is 10.1. The zero-order valence-electron chi connectivity index (χ0n) is 11.8. The second-order valence-corrected chi connectivity index (χ2v) is 7.50. The molecule has 2 nitrogen and oxygen atoms in total. The first-order valence-corrected chi connectivity index (χ1v) is 7.98. The van der Waals surface area contributed by atoms with Gasteiger partial charge in [0.15, 0.2) is 0 Å². The summed E-state index contributed by atoms with van der Waals surface area (Å²) in [6.45, 7) is 9.93. The molecule has 1 aliphatic rings. The topological polar surface area (TPSA) is 15.3 Å². The van der Waals surface area contributed by atoms with Crippen molar-refractivity contribution in [2.45, 2.75) is 32.7 Å². The summed E-state index contributed by atoms with van der Waals surface area (Å²) in [5, 5.41) is 4.38. The Hall–Kier alpha value is -0.250. The van der Waals surface area contributed by atoms with Crippen molar-refractivity contribution in [3.05, 3.63) is 27.7 Å². The minimum absolute atomic E-state index is 0.198. The number of anilines is 1. The SMILES string of the molecule is CC(C)(C)NCC1CCN(c2cccc(Cl)c2Br)C1. The Kier molecular flexibility index (Phi) is 4.80. The van der Waals surface area contributed by atoms with Crippen LogP contribution in [0.1, 0.15) is 27.2 Å². The van der Waals surface area contributed by atoms with Crippen LogP contribution in [0.2, 0.25) is 5.02 Å². The molecule has 1 aliphatic heterocycles. The van der Waals surface area contributed by atoms with E-state index in [9.17, 15) is 0 Å². The summed E-state index contributed by atoms with van der Waals surface area (Å²) in [5.74, 6) is 0.713. The average molecular weight is 346 g/mol. The van der Waals surface area contributed by atoms with Crippen LogP contribution in [-0.4, -0.2) is 25.2 Å². The predicted molar refractivity (Wildman–Crippen MR) is 87.2 cm³/mol. The molecule has 1 heterocycles. The van der Waals surface area contributed by atoms with Crippen molar-refractivity contribution < 1.29 is 0 Å². The van der Waals surface area contributed by atoms with Gasteiger partial charge in [0.2, 0.25) is 0 Å². The van der Waals surface area contributed by atoms with E-state index in [0.29, 0.717) is 5.92 Å². The first-order chi connectivity index (χ1) is 8.87. The molecule has 0 amide bonds. The van der Waals surface area contributed by atoms with Crippen LogP contribution >= 0.6 is 27.5 Å². The highest BCUT2D eigenvalue weighted by molar-refractivity contribution is 9.10. The molecular formula is C15H22BrClN2. The van der Waals surface area contributed by atoms with Gasteiger partial charge in [0.1, 0.15) is 0 Å². The molecule has 1 atom stereocenters. The maximum Gasteiger partial charge on any atom is 0.0595 e. The van der Waals surface area contributed by atoms with Gasteiger partial charge in [0.05, 0.1) is 15.2 Å². The number of halogens is 2. The van der Waals surface area contributed by atoms with Gasteiger partial charge in [0.25, 0.3) is 0 Å². The summed E-state index contributed by atoms with van der Waals surface area (Å²) in [6.07, 6.45) is 1.24. The molecule has 4 heteroatoms. The molecule has 19 heavy (non-hydrogen) atoms. The smallest absolute Gasteiger partial charge is 0.0595 e. The molecule has 1 unspecified atom stereocenters. The third-order valence-electron chi connectivity index (χ3n) is 3.48. The van der Waals surface area contributed by atoms with Crippen LogP contribution in [0.5, 0.6) is 0 Å². The van der Waals surface area contributed by atoms with Crippen molar-refractivity contribution in [3.63, 3.8) is 0 Å². The lowest BCUT2D eigenvalue weighted by Crippen LogP contribution is -2.39. The van der Waals surface area contributed by atoms with Gasteiger partial charge in [-0.1, -0.05) is 17.7 Å². The van der Waals surface area contributed by atoms with Gasteiger partial charge in [0, 0.05) is 25.2 Å². The molecule has 0 aromatic heterocycles. The van der Waals surface area contributed by atoms with E-state index in [1.807, 2.05) is 12.1 Å². The van der Waals surface area contributed by atoms with E-state index in [1.54, 1.807) is 0 Å². The van der Waals surface area contributed by atoms with Crippen molar-refractivity contribution in [1.82, 2.24) is 5.32 Å². The highest BCUT2D eigenvalue weighted by atomic mass is 79.9. The van der Waals surface area contributed by atoms with E-state index in [-0.39, 0.29) is 5.54 Å². The van der Waals surface area contributed by atoms with Crippen molar-refractivity contribution >= 4 is 33.2 Å². The standard InChI is InChI=1S/C15H22BrClN2/c1-15(2,3)18-9-11-7-8-19(10-11)13-6-4-5-12(17)14(13)16/h4-6,11,18H,7-10H2,1-3H3. The summed E-state index contributed by atoms with van der Waals surface area (Å²) >= 11 is 9.76. The maximum absolute atomic E-state index is 6.16. The number of rotatable bonds is 3. The van der Waals surface area contributed by atoms with Gasteiger partial charge in [-0.25, -0.2) is 0 Å². The fraction of sp³-hybridized carbons (Fsp3) is 0.600. The van der Waals surface area contributed by atoms with Crippen LogP contribution in [0.3, 0.4) is 0 Å². The summed E-state index contributed by atoms with van der Waals surface area (Å²) in [5.41, 5.74) is 1.41. The van der Waals surface area contributed by atoms with Crippen molar-refractivity contribution in [3.8, 4) is 0 Å². The van der Waals surface area contributed by atoms with E-state index in [2.05, 4.69) is 53.0 Å². The normalized spacial score (nSPS) is 20.1. The number of hydrogen-bond donors (Lipinski definition) is 1. The van der Waals surface area contributed by atoms with Gasteiger partial charge in [-0.3, -0.25) is 0 Å². The van der Waals surface area contributed by atoms with Crippen LogP contribution in [0.15, 0.2) is 22.7 Å². The molecule has 1 aromatic carbocycles. The minimum Gasteiger partial charge on any atom is -0.370 e. The van der Waals surface area contributed by atoms with Crippen LogP contribution in [-0.2, 0) is 0 Å². The predicted octanol–water partition coefficient (Wildman–Crippen LogP) is 4.32. The molecule has 1 saturated heterocycles. The molecule has 1 aromatic rings. The van der Waals surface area contributed by atoms with Gasteiger partial charge in [-0.2, -0.15) is 0 Å². The Morgan fingerprint density at radius 3 is 2.84 bits per heavy atom. The van der Waals surface area contributed by atoms with Gasteiger partial charge >= 0.3 is 0 Å². The van der Waals surface area contributed by atoms with Crippen LogP contribution in [0.4, 0.5) is 5.69 Å². The highest BCUT2D eigenvalue weighted by Crippen LogP contribution is 2.35. The Labute approximate surface area is 129 Å². The summed E-state index contributed by atoms with van der Waals surface area (Å²) in [4.78, 5) is 2.42. The van der Waals surface area contributed by atoms with E-state index < -0.39 is 0 Å². The summed E-state index contributed by atoms with van der Waals surface area (Å²) in [6, 6.07) is 6.07. The third-order valence-corrected chi connectivity index (χ3v) is 4.86. The number of nitrogens with one attached hydrogen (secondary N) is 1. The quantitative estimate of drug-likeness (QED) is 0.878. The van der Waals surface area contributed by atoms with Gasteiger partial charge in [-0.05, 0) is 61.2 Å². The number of nitrogens with zero attached hydrogens (tertiary/aromatic N) is 1. The Bertz CT molecular complexity index is 442. The van der Waals surface area contributed by atoms with Crippen molar-refractivity contribution in [2.24, 2.45) is 5.92 Å². The summed E-state index contributed by atoms with van der Waals surface area (Å²) < 4.78 is 1.01. The first-order valence-electron chi connectivity index (χ1n) is 6.81. The lowest BCUT2D eigenvalue weighted by molar-refractivity contribution is 0.383. The second kappa shape index (κ2) is 6.02. The number of benzene rings is 1.